The molecule has 94 valence electrons. The maximum atomic E-state index is 12.3. The molecule has 1 aliphatic heterocycles. The van der Waals surface area contributed by atoms with E-state index in [1.54, 1.807) is 12.3 Å². The second-order valence-corrected chi connectivity index (χ2v) is 4.57. The van der Waals surface area contributed by atoms with Crippen molar-refractivity contribution in [2.24, 2.45) is 4.99 Å². The SMILES string of the molecule is CCC1=NC(Cl)N(C(=O)c2cccc(C)c2)C=C1. The summed E-state index contributed by atoms with van der Waals surface area (Å²) in [6.45, 7) is 3.96. The predicted molar refractivity (Wildman–Crippen MR) is 73.9 cm³/mol. The number of carbonyl (C=O) groups excluding carboxylic acids is 1. The number of nitrogens with zero attached hydrogens (tertiary/aromatic N) is 2. The highest BCUT2D eigenvalue weighted by Gasteiger charge is 2.23. The van der Waals surface area contributed by atoms with E-state index in [0.29, 0.717) is 5.56 Å². The maximum absolute atomic E-state index is 12.3. The normalized spacial score (nSPS) is 18.7. The first kappa shape index (κ1) is 12.8. The maximum Gasteiger partial charge on any atom is 0.260 e. The summed E-state index contributed by atoms with van der Waals surface area (Å²) in [7, 11) is 0. The number of amides is 1. The van der Waals surface area contributed by atoms with Crippen molar-refractivity contribution in [1.82, 2.24) is 4.90 Å². The minimum Gasteiger partial charge on any atom is -0.279 e. The van der Waals surface area contributed by atoms with Crippen molar-refractivity contribution < 1.29 is 4.79 Å². The van der Waals surface area contributed by atoms with Gasteiger partial charge in [0.05, 0.1) is 0 Å². The van der Waals surface area contributed by atoms with Crippen LogP contribution in [0, 0.1) is 6.92 Å². The van der Waals surface area contributed by atoms with Gasteiger partial charge in [-0.25, -0.2) is 4.99 Å². The molecule has 0 saturated heterocycles. The lowest BCUT2D eigenvalue weighted by molar-refractivity contribution is 0.0808. The van der Waals surface area contributed by atoms with Crippen LogP contribution < -0.4 is 0 Å². The van der Waals surface area contributed by atoms with Gasteiger partial charge in [-0.15, -0.1) is 0 Å². The van der Waals surface area contributed by atoms with Crippen LogP contribution in [0.4, 0.5) is 0 Å². The Balaban J connectivity index is 2.21. The molecule has 0 bridgehead atoms. The number of halogens is 1. The number of alkyl halides is 1. The molecule has 0 spiro atoms. The van der Waals surface area contributed by atoms with Gasteiger partial charge in [-0.1, -0.05) is 36.2 Å². The van der Waals surface area contributed by atoms with Gasteiger partial charge in [0.25, 0.3) is 5.91 Å². The minimum absolute atomic E-state index is 0.131. The summed E-state index contributed by atoms with van der Waals surface area (Å²) in [5.41, 5.74) is 1.92. The Hall–Kier alpha value is -1.61. The second kappa shape index (κ2) is 5.36. The molecule has 3 nitrogen and oxygen atoms in total. The third-order valence-corrected chi connectivity index (χ3v) is 3.10. The molecule has 0 aromatic heterocycles. The third kappa shape index (κ3) is 2.62. The molecule has 1 heterocycles. The highest BCUT2D eigenvalue weighted by atomic mass is 35.5. The van der Waals surface area contributed by atoms with E-state index in [-0.39, 0.29) is 5.91 Å². The first-order valence-corrected chi connectivity index (χ1v) is 6.33. The van der Waals surface area contributed by atoms with Crippen LogP contribution in [0.2, 0.25) is 0 Å². The van der Waals surface area contributed by atoms with Crippen LogP contribution in [0.3, 0.4) is 0 Å². The van der Waals surface area contributed by atoms with Gasteiger partial charge in [0.2, 0.25) is 5.62 Å². The van der Waals surface area contributed by atoms with E-state index in [1.165, 1.54) is 4.90 Å². The highest BCUT2D eigenvalue weighted by Crippen LogP contribution is 2.18. The number of hydrogen-bond acceptors (Lipinski definition) is 2. The van der Waals surface area contributed by atoms with E-state index in [4.69, 9.17) is 11.6 Å². The Morgan fingerprint density at radius 2 is 2.28 bits per heavy atom. The Morgan fingerprint density at radius 3 is 2.89 bits per heavy atom. The molecule has 0 saturated carbocycles. The van der Waals surface area contributed by atoms with E-state index in [1.807, 2.05) is 38.1 Å². The molecular formula is C14H15ClN2O. The van der Waals surface area contributed by atoms with E-state index >= 15 is 0 Å². The fourth-order valence-electron chi connectivity index (χ4n) is 1.78. The molecule has 0 N–H and O–H groups in total. The monoisotopic (exact) mass is 262 g/mol. The standard InChI is InChI=1S/C14H15ClN2O/c1-3-12-7-8-17(14(15)16-12)13(18)11-6-4-5-10(2)9-11/h4-9,14H,3H2,1-2H3. The summed E-state index contributed by atoms with van der Waals surface area (Å²) in [6, 6.07) is 7.44. The van der Waals surface area contributed by atoms with Crippen LogP contribution >= 0.6 is 11.6 Å². The van der Waals surface area contributed by atoms with Gasteiger partial charge >= 0.3 is 0 Å². The Morgan fingerprint density at radius 1 is 1.50 bits per heavy atom. The number of aliphatic imine (C=N–C) groups is 1. The lowest BCUT2D eigenvalue weighted by Crippen LogP contribution is -2.34. The number of aryl methyl sites for hydroxylation is 1. The van der Waals surface area contributed by atoms with Gasteiger partial charge < -0.3 is 0 Å². The van der Waals surface area contributed by atoms with E-state index < -0.39 is 5.62 Å². The van der Waals surface area contributed by atoms with Crippen molar-refractivity contribution >= 4 is 23.2 Å². The summed E-state index contributed by atoms with van der Waals surface area (Å²) in [4.78, 5) is 18.0. The molecule has 18 heavy (non-hydrogen) atoms. The zero-order valence-electron chi connectivity index (χ0n) is 10.4. The van der Waals surface area contributed by atoms with Crippen molar-refractivity contribution in [2.75, 3.05) is 0 Å². The van der Waals surface area contributed by atoms with E-state index in [0.717, 1.165) is 17.7 Å². The first-order valence-electron chi connectivity index (χ1n) is 5.90. The molecule has 1 aromatic carbocycles. The van der Waals surface area contributed by atoms with Gasteiger partial charge in [0.15, 0.2) is 0 Å². The quantitative estimate of drug-likeness (QED) is 0.594. The topological polar surface area (TPSA) is 32.7 Å². The van der Waals surface area contributed by atoms with Crippen LogP contribution in [0.15, 0.2) is 41.5 Å². The largest absolute Gasteiger partial charge is 0.279 e. The van der Waals surface area contributed by atoms with Crippen molar-refractivity contribution in [3.05, 3.63) is 47.7 Å². The number of carbonyl (C=O) groups is 1. The van der Waals surface area contributed by atoms with Crippen molar-refractivity contribution in [2.45, 2.75) is 25.9 Å². The predicted octanol–water partition coefficient (Wildman–Crippen LogP) is 3.34. The zero-order valence-corrected chi connectivity index (χ0v) is 11.2. The van der Waals surface area contributed by atoms with Crippen molar-refractivity contribution in [3.8, 4) is 0 Å². The number of hydrogen-bond donors (Lipinski definition) is 0. The average Bonchev–Trinajstić information content (AvgIpc) is 2.37. The van der Waals surface area contributed by atoms with Crippen molar-refractivity contribution in [1.29, 1.82) is 0 Å². The molecule has 1 atom stereocenters. The minimum atomic E-state index is -0.655. The second-order valence-electron chi connectivity index (χ2n) is 4.18. The molecule has 0 fully saturated rings. The summed E-state index contributed by atoms with van der Waals surface area (Å²) >= 11 is 6.11. The summed E-state index contributed by atoms with van der Waals surface area (Å²) in [6.07, 6.45) is 4.34. The van der Waals surface area contributed by atoms with Gasteiger partial charge in [-0.3, -0.25) is 9.69 Å². The average molecular weight is 263 g/mol. The Labute approximate surface area is 112 Å². The van der Waals surface area contributed by atoms with Crippen LogP contribution in [0.25, 0.3) is 0 Å². The van der Waals surface area contributed by atoms with Gasteiger partial charge in [-0.05, 0) is 31.6 Å². The summed E-state index contributed by atoms with van der Waals surface area (Å²) in [5.74, 6) is -0.131. The first-order chi connectivity index (χ1) is 8.61. The molecule has 0 radical (unpaired) electrons. The molecule has 2 rings (SSSR count). The Bertz CT molecular complexity index is 522. The van der Waals surface area contributed by atoms with Gasteiger partial charge in [0, 0.05) is 17.5 Å². The van der Waals surface area contributed by atoms with Crippen LogP contribution in [0.1, 0.15) is 29.3 Å². The lowest BCUT2D eigenvalue weighted by Gasteiger charge is -2.25. The van der Waals surface area contributed by atoms with Gasteiger partial charge in [0.1, 0.15) is 0 Å². The summed E-state index contributed by atoms with van der Waals surface area (Å²) < 4.78 is 0. The molecule has 1 aromatic rings. The number of benzene rings is 1. The van der Waals surface area contributed by atoms with Gasteiger partial charge in [-0.2, -0.15) is 0 Å². The van der Waals surface area contributed by atoms with Crippen LogP contribution in [0.5, 0.6) is 0 Å². The van der Waals surface area contributed by atoms with Crippen LogP contribution in [-0.4, -0.2) is 22.1 Å². The molecule has 1 unspecified atom stereocenters. The third-order valence-electron chi connectivity index (χ3n) is 2.79. The van der Waals surface area contributed by atoms with Crippen LogP contribution in [-0.2, 0) is 0 Å². The number of allylic oxidation sites excluding steroid dienone is 1. The highest BCUT2D eigenvalue weighted by molar-refractivity contribution is 6.23. The number of rotatable bonds is 2. The smallest absolute Gasteiger partial charge is 0.260 e. The zero-order chi connectivity index (χ0) is 13.1. The molecule has 0 aliphatic carbocycles. The molecular weight excluding hydrogens is 248 g/mol. The van der Waals surface area contributed by atoms with E-state index in [2.05, 4.69) is 4.99 Å². The lowest BCUT2D eigenvalue weighted by atomic mass is 10.1. The van der Waals surface area contributed by atoms with E-state index in [9.17, 15) is 4.79 Å². The molecule has 1 aliphatic rings. The molecule has 4 heteroatoms. The molecule has 1 amide bonds. The summed E-state index contributed by atoms with van der Waals surface area (Å²) in [5, 5.41) is 0. The fourth-order valence-corrected chi connectivity index (χ4v) is 2.06. The fraction of sp³-hybridized carbons (Fsp3) is 0.286. The van der Waals surface area contributed by atoms with Crippen molar-refractivity contribution in [3.63, 3.8) is 0 Å². The Kier molecular flexibility index (Phi) is 3.82.